The molecule has 0 saturated carbocycles. The van der Waals surface area contributed by atoms with Gasteiger partial charge in [0.1, 0.15) is 11.4 Å². The Morgan fingerprint density at radius 1 is 1.17 bits per heavy atom. The van der Waals surface area contributed by atoms with Gasteiger partial charge in [0.2, 0.25) is 0 Å². The number of aromatic nitrogens is 2. The summed E-state index contributed by atoms with van der Waals surface area (Å²) in [5.74, 6) is 0.779. The lowest BCUT2D eigenvalue weighted by molar-refractivity contribution is 0.0658. The molecule has 0 unspecified atom stereocenters. The Balaban J connectivity index is 1.82. The molecule has 0 spiro atoms. The number of methoxy groups -OCH3 is 1. The van der Waals surface area contributed by atoms with Gasteiger partial charge in [-0.15, -0.1) is 0 Å². The number of rotatable bonds is 3. The number of nitrogens with one attached hydrogen (secondary N) is 1. The number of likely N-dealkylation sites (N-methyl/N-ethyl adjacent to an activating group) is 1. The van der Waals surface area contributed by atoms with Gasteiger partial charge in [0.15, 0.2) is 4.77 Å². The molecular formula is C16H20N4O2S. The van der Waals surface area contributed by atoms with E-state index in [-0.39, 0.29) is 5.91 Å². The molecule has 122 valence electrons. The smallest absolute Gasteiger partial charge is 0.271 e. The number of aromatic amines is 1. The first-order chi connectivity index (χ1) is 11.1. The van der Waals surface area contributed by atoms with Crippen LogP contribution in [0.3, 0.4) is 0 Å². The Bertz CT molecular complexity index is 742. The van der Waals surface area contributed by atoms with Crippen molar-refractivity contribution < 1.29 is 9.53 Å². The van der Waals surface area contributed by atoms with E-state index in [4.69, 9.17) is 17.0 Å². The summed E-state index contributed by atoms with van der Waals surface area (Å²) >= 11 is 5.35. The molecule has 1 saturated heterocycles. The average molecular weight is 332 g/mol. The summed E-state index contributed by atoms with van der Waals surface area (Å²) in [6.07, 6.45) is 1.77. The number of benzene rings is 1. The second-order valence-corrected chi connectivity index (χ2v) is 6.02. The average Bonchev–Trinajstić information content (AvgIpc) is 2.97. The standard InChI is InChI=1S/C16H20N4O2S/c1-18-7-9-19(10-8-18)15(21)14-11-20(16(23)17-14)12-3-5-13(22-2)6-4-12/h3-6,11H,7-10H2,1-2H3,(H,17,23). The normalized spacial score (nSPS) is 15.7. The van der Waals surface area contributed by atoms with Gasteiger partial charge in [-0.05, 0) is 43.5 Å². The molecule has 1 fully saturated rings. The molecule has 1 aromatic heterocycles. The third-order valence-corrected chi connectivity index (χ3v) is 4.39. The molecule has 3 rings (SSSR count). The molecule has 0 radical (unpaired) electrons. The number of imidazole rings is 1. The molecule has 1 aliphatic rings. The van der Waals surface area contributed by atoms with Crippen LogP contribution in [0.1, 0.15) is 10.5 Å². The SMILES string of the molecule is COc1ccc(-n2cc(C(=O)N3CCN(C)CC3)[nH]c2=S)cc1. The van der Waals surface area contributed by atoms with Crippen LogP contribution in [0, 0.1) is 4.77 Å². The van der Waals surface area contributed by atoms with Crippen LogP contribution in [-0.4, -0.2) is 65.6 Å². The maximum Gasteiger partial charge on any atom is 0.271 e. The van der Waals surface area contributed by atoms with Gasteiger partial charge in [0.05, 0.1) is 7.11 Å². The zero-order chi connectivity index (χ0) is 16.4. The first-order valence-electron chi connectivity index (χ1n) is 7.52. The number of carbonyl (C=O) groups is 1. The Labute approximate surface area is 140 Å². The molecule has 7 heteroatoms. The number of piperazine rings is 1. The van der Waals surface area contributed by atoms with E-state index < -0.39 is 0 Å². The molecule has 0 atom stereocenters. The van der Waals surface area contributed by atoms with Crippen LogP contribution in [0.15, 0.2) is 30.5 Å². The highest BCUT2D eigenvalue weighted by molar-refractivity contribution is 7.71. The molecule has 1 aromatic carbocycles. The lowest BCUT2D eigenvalue weighted by Crippen LogP contribution is -2.47. The highest BCUT2D eigenvalue weighted by Crippen LogP contribution is 2.17. The number of carbonyl (C=O) groups excluding carboxylic acids is 1. The first-order valence-corrected chi connectivity index (χ1v) is 7.93. The number of amides is 1. The Morgan fingerprint density at radius 2 is 1.83 bits per heavy atom. The molecule has 1 N–H and O–H groups in total. The van der Waals surface area contributed by atoms with E-state index in [0.29, 0.717) is 10.5 Å². The van der Waals surface area contributed by atoms with Gasteiger partial charge in [0.25, 0.3) is 5.91 Å². The topological polar surface area (TPSA) is 53.5 Å². The quantitative estimate of drug-likeness (QED) is 0.873. The van der Waals surface area contributed by atoms with E-state index >= 15 is 0 Å². The summed E-state index contributed by atoms with van der Waals surface area (Å²) in [4.78, 5) is 19.7. The van der Waals surface area contributed by atoms with Crippen LogP contribution in [-0.2, 0) is 0 Å². The van der Waals surface area contributed by atoms with Gasteiger partial charge >= 0.3 is 0 Å². The molecule has 0 bridgehead atoms. The predicted molar refractivity (Wildman–Crippen MR) is 90.9 cm³/mol. The van der Waals surface area contributed by atoms with Crippen molar-refractivity contribution in [2.24, 2.45) is 0 Å². The summed E-state index contributed by atoms with van der Waals surface area (Å²) in [5.41, 5.74) is 1.42. The minimum absolute atomic E-state index is 0.00328. The fraction of sp³-hybridized carbons (Fsp3) is 0.375. The van der Waals surface area contributed by atoms with Gasteiger partial charge in [0, 0.05) is 38.1 Å². The summed E-state index contributed by atoms with van der Waals surface area (Å²) in [5, 5.41) is 0. The minimum Gasteiger partial charge on any atom is -0.497 e. The number of hydrogen-bond donors (Lipinski definition) is 1. The van der Waals surface area contributed by atoms with E-state index in [1.165, 1.54) is 0 Å². The molecule has 1 aliphatic heterocycles. The van der Waals surface area contributed by atoms with E-state index in [9.17, 15) is 4.79 Å². The number of ether oxygens (including phenoxy) is 1. The van der Waals surface area contributed by atoms with Gasteiger partial charge in [-0.25, -0.2) is 0 Å². The van der Waals surface area contributed by atoms with Crippen molar-refractivity contribution in [3.8, 4) is 11.4 Å². The summed E-state index contributed by atoms with van der Waals surface area (Å²) in [7, 11) is 3.69. The van der Waals surface area contributed by atoms with Crippen LogP contribution in [0.5, 0.6) is 5.75 Å². The van der Waals surface area contributed by atoms with Gasteiger partial charge in [-0.1, -0.05) is 0 Å². The fourth-order valence-corrected chi connectivity index (χ4v) is 2.89. The monoisotopic (exact) mass is 332 g/mol. The number of hydrogen-bond acceptors (Lipinski definition) is 4. The minimum atomic E-state index is -0.00328. The number of nitrogens with zero attached hydrogens (tertiary/aromatic N) is 3. The van der Waals surface area contributed by atoms with E-state index in [0.717, 1.165) is 37.6 Å². The van der Waals surface area contributed by atoms with Gasteiger partial charge < -0.3 is 19.5 Å². The predicted octanol–water partition coefficient (Wildman–Crippen LogP) is 1.93. The zero-order valence-electron chi connectivity index (χ0n) is 13.3. The molecule has 2 heterocycles. The Kier molecular flexibility index (Phi) is 4.49. The Hall–Kier alpha value is -2.12. The molecule has 23 heavy (non-hydrogen) atoms. The van der Waals surface area contributed by atoms with Crippen molar-refractivity contribution in [1.29, 1.82) is 0 Å². The van der Waals surface area contributed by atoms with Crippen molar-refractivity contribution in [1.82, 2.24) is 19.4 Å². The first kappa shape index (κ1) is 15.8. The zero-order valence-corrected chi connectivity index (χ0v) is 14.1. The third-order valence-electron chi connectivity index (χ3n) is 4.09. The highest BCUT2D eigenvalue weighted by atomic mass is 32.1. The maximum absolute atomic E-state index is 12.6. The fourth-order valence-electron chi connectivity index (χ4n) is 2.62. The lowest BCUT2D eigenvalue weighted by atomic mass is 10.3. The highest BCUT2D eigenvalue weighted by Gasteiger charge is 2.22. The van der Waals surface area contributed by atoms with E-state index in [2.05, 4.69) is 16.9 Å². The Morgan fingerprint density at radius 3 is 2.43 bits per heavy atom. The van der Waals surface area contributed by atoms with Crippen LogP contribution in [0.25, 0.3) is 5.69 Å². The largest absolute Gasteiger partial charge is 0.497 e. The van der Waals surface area contributed by atoms with Crippen LogP contribution in [0.2, 0.25) is 0 Å². The van der Waals surface area contributed by atoms with E-state index in [1.807, 2.05) is 29.2 Å². The lowest BCUT2D eigenvalue weighted by Gasteiger charge is -2.32. The second kappa shape index (κ2) is 6.55. The second-order valence-electron chi connectivity index (χ2n) is 5.64. The van der Waals surface area contributed by atoms with Crippen LogP contribution < -0.4 is 4.74 Å². The molecule has 6 nitrogen and oxygen atoms in total. The maximum atomic E-state index is 12.6. The van der Waals surface area contributed by atoms with Gasteiger partial charge in [-0.3, -0.25) is 9.36 Å². The molecule has 1 amide bonds. The molecular weight excluding hydrogens is 312 g/mol. The van der Waals surface area contributed by atoms with Gasteiger partial charge in [-0.2, -0.15) is 0 Å². The number of H-pyrrole nitrogens is 1. The van der Waals surface area contributed by atoms with Crippen LogP contribution >= 0.6 is 12.2 Å². The van der Waals surface area contributed by atoms with Crippen molar-refractivity contribution in [2.75, 3.05) is 40.3 Å². The van der Waals surface area contributed by atoms with Crippen molar-refractivity contribution in [3.63, 3.8) is 0 Å². The molecule has 0 aliphatic carbocycles. The molecule has 2 aromatic rings. The van der Waals surface area contributed by atoms with Crippen LogP contribution in [0.4, 0.5) is 0 Å². The summed E-state index contributed by atoms with van der Waals surface area (Å²) in [6, 6.07) is 7.55. The summed E-state index contributed by atoms with van der Waals surface area (Å²) < 4.78 is 7.47. The summed E-state index contributed by atoms with van der Waals surface area (Å²) in [6.45, 7) is 3.27. The van der Waals surface area contributed by atoms with Crippen molar-refractivity contribution in [2.45, 2.75) is 0 Å². The van der Waals surface area contributed by atoms with E-state index in [1.54, 1.807) is 17.9 Å². The third kappa shape index (κ3) is 3.30. The van der Waals surface area contributed by atoms with Crippen molar-refractivity contribution >= 4 is 18.1 Å². The van der Waals surface area contributed by atoms with Crippen molar-refractivity contribution in [3.05, 3.63) is 40.9 Å².